The average molecular weight is 291 g/mol. The Morgan fingerprint density at radius 2 is 2.21 bits per heavy atom. The quantitative estimate of drug-likeness (QED) is 0.897. The third-order valence-electron chi connectivity index (χ3n) is 3.16. The minimum absolute atomic E-state index is 0. The van der Waals surface area contributed by atoms with E-state index in [2.05, 4.69) is 10.6 Å². The summed E-state index contributed by atoms with van der Waals surface area (Å²) in [6, 6.07) is 2.70. The van der Waals surface area contributed by atoms with Crippen LogP contribution in [0.25, 0.3) is 0 Å². The van der Waals surface area contributed by atoms with Gasteiger partial charge in [0.15, 0.2) is 0 Å². The van der Waals surface area contributed by atoms with Crippen LogP contribution in [0.15, 0.2) is 18.2 Å². The summed E-state index contributed by atoms with van der Waals surface area (Å²) >= 11 is 0. The van der Waals surface area contributed by atoms with Gasteiger partial charge in [-0.3, -0.25) is 4.79 Å². The molecule has 19 heavy (non-hydrogen) atoms. The molecule has 1 aromatic carbocycles. The minimum atomic E-state index is -0.637. The van der Waals surface area contributed by atoms with E-state index in [1.807, 2.05) is 0 Å². The fraction of sp³-hybridized carbons (Fsp3) is 0.462. The minimum Gasteiger partial charge on any atom is -0.348 e. The fourth-order valence-corrected chi connectivity index (χ4v) is 2.15. The van der Waals surface area contributed by atoms with Gasteiger partial charge in [0.1, 0.15) is 11.6 Å². The van der Waals surface area contributed by atoms with Gasteiger partial charge in [0, 0.05) is 11.6 Å². The number of halogens is 3. The van der Waals surface area contributed by atoms with Crippen molar-refractivity contribution in [2.45, 2.75) is 31.8 Å². The van der Waals surface area contributed by atoms with E-state index in [1.54, 1.807) is 6.92 Å². The monoisotopic (exact) mass is 290 g/mol. The van der Waals surface area contributed by atoms with Gasteiger partial charge >= 0.3 is 0 Å². The summed E-state index contributed by atoms with van der Waals surface area (Å²) in [6.07, 6.45) is 1.77. The van der Waals surface area contributed by atoms with Crippen LogP contribution in [0.5, 0.6) is 0 Å². The van der Waals surface area contributed by atoms with Crippen molar-refractivity contribution in [2.75, 3.05) is 6.54 Å². The Hall–Kier alpha value is -1.20. The SMILES string of the molecule is CC(NC(=O)[C@@H]1CCCN1)c1ccc(F)cc1F.Cl. The van der Waals surface area contributed by atoms with Crippen molar-refractivity contribution in [2.24, 2.45) is 0 Å². The Balaban J connectivity index is 0.00000180. The van der Waals surface area contributed by atoms with Crippen LogP contribution in [0.1, 0.15) is 31.4 Å². The summed E-state index contributed by atoms with van der Waals surface area (Å²) in [5.41, 5.74) is 0.294. The Morgan fingerprint density at radius 3 is 2.79 bits per heavy atom. The van der Waals surface area contributed by atoms with Crippen molar-refractivity contribution in [1.82, 2.24) is 10.6 Å². The first kappa shape index (κ1) is 15.9. The van der Waals surface area contributed by atoms with Gasteiger partial charge < -0.3 is 10.6 Å². The number of carbonyl (C=O) groups excluding carboxylic acids is 1. The van der Waals surface area contributed by atoms with Crippen molar-refractivity contribution in [1.29, 1.82) is 0 Å². The Bertz CT molecular complexity index is 450. The summed E-state index contributed by atoms with van der Waals surface area (Å²) in [5, 5.41) is 5.81. The van der Waals surface area contributed by atoms with E-state index >= 15 is 0 Å². The van der Waals surface area contributed by atoms with E-state index < -0.39 is 17.7 Å². The molecule has 0 bridgehead atoms. The fourth-order valence-electron chi connectivity index (χ4n) is 2.15. The third kappa shape index (κ3) is 3.88. The molecule has 0 saturated carbocycles. The molecule has 0 aromatic heterocycles. The summed E-state index contributed by atoms with van der Waals surface area (Å²) in [5.74, 6) is -1.39. The topological polar surface area (TPSA) is 41.1 Å². The molecule has 1 aromatic rings. The Morgan fingerprint density at radius 1 is 1.47 bits per heavy atom. The van der Waals surface area contributed by atoms with E-state index in [-0.39, 0.29) is 24.4 Å². The van der Waals surface area contributed by atoms with Crippen molar-refractivity contribution in [3.05, 3.63) is 35.4 Å². The van der Waals surface area contributed by atoms with Crippen LogP contribution in [0.2, 0.25) is 0 Å². The highest BCUT2D eigenvalue weighted by molar-refractivity contribution is 5.85. The number of nitrogens with one attached hydrogen (secondary N) is 2. The van der Waals surface area contributed by atoms with Crippen LogP contribution >= 0.6 is 12.4 Å². The molecule has 0 radical (unpaired) electrons. The van der Waals surface area contributed by atoms with Gasteiger partial charge in [-0.15, -0.1) is 12.4 Å². The third-order valence-corrected chi connectivity index (χ3v) is 3.16. The van der Waals surface area contributed by atoms with Crippen LogP contribution in [-0.2, 0) is 4.79 Å². The predicted molar refractivity (Wildman–Crippen MR) is 71.2 cm³/mol. The van der Waals surface area contributed by atoms with Crippen LogP contribution < -0.4 is 10.6 Å². The zero-order chi connectivity index (χ0) is 13.1. The first-order chi connectivity index (χ1) is 8.58. The number of benzene rings is 1. The van der Waals surface area contributed by atoms with Gasteiger partial charge in [0.2, 0.25) is 5.91 Å². The normalized spacial score (nSPS) is 19.6. The van der Waals surface area contributed by atoms with Gasteiger partial charge in [-0.25, -0.2) is 8.78 Å². The maximum Gasteiger partial charge on any atom is 0.237 e. The lowest BCUT2D eigenvalue weighted by atomic mass is 10.1. The maximum atomic E-state index is 13.5. The number of carbonyl (C=O) groups is 1. The molecule has 106 valence electrons. The highest BCUT2D eigenvalue weighted by Gasteiger charge is 2.24. The molecule has 1 heterocycles. The van der Waals surface area contributed by atoms with Gasteiger partial charge in [-0.1, -0.05) is 6.07 Å². The lowest BCUT2D eigenvalue weighted by Gasteiger charge is -2.18. The number of hydrogen-bond acceptors (Lipinski definition) is 2. The lowest BCUT2D eigenvalue weighted by molar-refractivity contribution is -0.123. The molecular formula is C13H17ClF2N2O. The van der Waals surface area contributed by atoms with Crippen molar-refractivity contribution >= 4 is 18.3 Å². The second-order valence-corrected chi connectivity index (χ2v) is 4.55. The maximum absolute atomic E-state index is 13.5. The van der Waals surface area contributed by atoms with E-state index in [9.17, 15) is 13.6 Å². The van der Waals surface area contributed by atoms with E-state index in [1.165, 1.54) is 12.1 Å². The smallest absolute Gasteiger partial charge is 0.237 e. The van der Waals surface area contributed by atoms with Crippen molar-refractivity contribution < 1.29 is 13.6 Å². The highest BCUT2D eigenvalue weighted by Crippen LogP contribution is 2.18. The largest absolute Gasteiger partial charge is 0.348 e. The second-order valence-electron chi connectivity index (χ2n) is 4.55. The molecule has 1 saturated heterocycles. The number of amides is 1. The average Bonchev–Trinajstić information content (AvgIpc) is 2.81. The van der Waals surface area contributed by atoms with E-state index in [0.717, 1.165) is 25.5 Å². The lowest BCUT2D eigenvalue weighted by Crippen LogP contribution is -2.41. The second kappa shape index (κ2) is 6.82. The Labute approximate surface area is 117 Å². The summed E-state index contributed by atoms with van der Waals surface area (Å²) < 4.78 is 26.3. The molecule has 0 aliphatic carbocycles. The molecule has 2 rings (SSSR count). The first-order valence-corrected chi connectivity index (χ1v) is 6.06. The molecule has 2 atom stereocenters. The highest BCUT2D eigenvalue weighted by atomic mass is 35.5. The summed E-state index contributed by atoms with van der Waals surface area (Å²) in [6.45, 7) is 2.51. The molecule has 1 aliphatic heterocycles. The molecule has 6 heteroatoms. The number of hydrogen-bond donors (Lipinski definition) is 2. The Kier molecular flexibility index (Phi) is 5.69. The summed E-state index contributed by atoms with van der Waals surface area (Å²) in [4.78, 5) is 11.8. The molecule has 2 N–H and O–H groups in total. The predicted octanol–water partition coefficient (Wildman–Crippen LogP) is 2.32. The van der Waals surface area contributed by atoms with Gasteiger partial charge in [-0.2, -0.15) is 0 Å². The molecule has 1 unspecified atom stereocenters. The summed E-state index contributed by atoms with van der Waals surface area (Å²) in [7, 11) is 0. The van der Waals surface area contributed by atoms with Gasteiger partial charge in [0.05, 0.1) is 12.1 Å². The van der Waals surface area contributed by atoms with Crippen molar-refractivity contribution in [3.63, 3.8) is 0 Å². The molecular weight excluding hydrogens is 274 g/mol. The molecule has 1 amide bonds. The van der Waals surface area contributed by atoms with Gasteiger partial charge in [-0.05, 0) is 32.4 Å². The van der Waals surface area contributed by atoms with Gasteiger partial charge in [0.25, 0.3) is 0 Å². The van der Waals surface area contributed by atoms with Crippen LogP contribution in [0.3, 0.4) is 0 Å². The van der Waals surface area contributed by atoms with Crippen LogP contribution in [0.4, 0.5) is 8.78 Å². The molecule has 0 spiro atoms. The van der Waals surface area contributed by atoms with Crippen LogP contribution in [0, 0.1) is 11.6 Å². The zero-order valence-electron chi connectivity index (χ0n) is 10.6. The van der Waals surface area contributed by atoms with E-state index in [4.69, 9.17) is 0 Å². The molecule has 1 aliphatic rings. The standard InChI is InChI=1S/C13H16F2N2O.ClH/c1-8(10-5-4-9(14)7-11(10)15)17-13(18)12-3-2-6-16-12;/h4-5,7-8,12,16H,2-3,6H2,1H3,(H,17,18);1H/t8?,12-;/m0./s1. The number of rotatable bonds is 3. The zero-order valence-corrected chi connectivity index (χ0v) is 11.4. The van der Waals surface area contributed by atoms with Crippen molar-refractivity contribution in [3.8, 4) is 0 Å². The molecule has 3 nitrogen and oxygen atoms in total. The van der Waals surface area contributed by atoms with Crippen LogP contribution in [-0.4, -0.2) is 18.5 Å². The van der Waals surface area contributed by atoms with E-state index in [0.29, 0.717) is 5.56 Å². The molecule has 1 fully saturated rings. The first-order valence-electron chi connectivity index (χ1n) is 6.06.